The number of benzene rings is 2. The van der Waals surface area contributed by atoms with Gasteiger partial charge in [-0.2, -0.15) is 0 Å². The summed E-state index contributed by atoms with van der Waals surface area (Å²) in [7, 11) is 1.33. The van der Waals surface area contributed by atoms with Crippen LogP contribution < -0.4 is 10.5 Å². The average Bonchev–Trinajstić information content (AvgIpc) is 3.30. The highest BCUT2D eigenvalue weighted by Gasteiger charge is 2.42. The van der Waals surface area contributed by atoms with E-state index in [2.05, 4.69) is 4.90 Å². The van der Waals surface area contributed by atoms with Crippen LogP contribution in [0.25, 0.3) is 0 Å². The second-order valence-electron chi connectivity index (χ2n) is 8.26. The fourth-order valence-electron chi connectivity index (χ4n) is 4.66. The van der Waals surface area contributed by atoms with Crippen molar-refractivity contribution in [2.75, 3.05) is 39.8 Å². The van der Waals surface area contributed by atoms with Crippen LogP contribution in [0.4, 0.5) is 8.78 Å². The number of hydrogen-bond acceptors (Lipinski definition) is 4. The highest BCUT2D eigenvalue weighted by molar-refractivity contribution is 5.95. The van der Waals surface area contributed by atoms with E-state index >= 15 is 0 Å². The van der Waals surface area contributed by atoms with E-state index in [9.17, 15) is 13.6 Å². The van der Waals surface area contributed by atoms with Crippen LogP contribution in [0, 0.1) is 23.5 Å². The van der Waals surface area contributed by atoms with Crippen LogP contribution in [0.1, 0.15) is 28.4 Å². The quantitative estimate of drug-likeness (QED) is 0.788. The third-order valence-corrected chi connectivity index (χ3v) is 6.30. The van der Waals surface area contributed by atoms with Crippen molar-refractivity contribution in [2.24, 2.45) is 17.6 Å². The number of methoxy groups -OCH3 is 1. The molecule has 0 radical (unpaired) electrons. The monoisotopic (exact) mass is 415 g/mol. The lowest BCUT2D eigenvalue weighted by molar-refractivity contribution is 0.0764. The van der Waals surface area contributed by atoms with Crippen molar-refractivity contribution in [3.63, 3.8) is 0 Å². The van der Waals surface area contributed by atoms with Crippen LogP contribution in [0.15, 0.2) is 42.5 Å². The van der Waals surface area contributed by atoms with Crippen molar-refractivity contribution in [1.82, 2.24) is 9.80 Å². The third kappa shape index (κ3) is 4.18. The summed E-state index contributed by atoms with van der Waals surface area (Å²) >= 11 is 0. The smallest absolute Gasteiger partial charge is 0.259 e. The molecular formula is C23H27F2N3O2. The number of ether oxygens (including phenoxy) is 1. The maximum absolute atomic E-state index is 14.3. The van der Waals surface area contributed by atoms with Gasteiger partial charge in [-0.25, -0.2) is 8.78 Å². The summed E-state index contributed by atoms with van der Waals surface area (Å²) in [4.78, 5) is 16.7. The molecule has 1 amide bonds. The summed E-state index contributed by atoms with van der Waals surface area (Å²) in [6.07, 6.45) is 0.869. The van der Waals surface area contributed by atoms with Crippen LogP contribution in [0.2, 0.25) is 0 Å². The van der Waals surface area contributed by atoms with Gasteiger partial charge >= 0.3 is 0 Å². The summed E-state index contributed by atoms with van der Waals surface area (Å²) < 4.78 is 33.4. The maximum atomic E-state index is 14.3. The summed E-state index contributed by atoms with van der Waals surface area (Å²) in [5, 5.41) is 0. The van der Waals surface area contributed by atoms with Crippen LogP contribution in [0.3, 0.4) is 0 Å². The summed E-state index contributed by atoms with van der Waals surface area (Å²) in [5.41, 5.74) is 6.94. The molecule has 2 heterocycles. The van der Waals surface area contributed by atoms with E-state index in [0.717, 1.165) is 43.8 Å². The number of nitrogens with two attached hydrogens (primary N) is 1. The van der Waals surface area contributed by atoms with E-state index in [1.54, 1.807) is 4.90 Å². The normalized spacial score (nSPS) is 22.2. The second kappa shape index (κ2) is 8.70. The molecule has 0 spiro atoms. The Morgan fingerprint density at radius 3 is 2.27 bits per heavy atom. The fraction of sp³-hybridized carbons (Fsp3) is 0.435. The van der Waals surface area contributed by atoms with Crippen LogP contribution in [-0.2, 0) is 0 Å². The van der Waals surface area contributed by atoms with Gasteiger partial charge in [0.1, 0.15) is 22.9 Å². The molecule has 3 atom stereocenters. The van der Waals surface area contributed by atoms with E-state index in [1.807, 2.05) is 30.3 Å². The standard InChI is InChI=1S/C23H27F2N3O2/c1-30-18-9-19(24)22(20(25)10-18)23(29)28-13-16-11-27(12-17(16)14-28)8-7-21(26)15-5-3-2-4-6-15/h2-6,9-10,16-17,21H,7-8,11-14,26H2,1H3/t16?,17?,21-/m0/s1. The Kier molecular flexibility index (Phi) is 6.01. The predicted molar refractivity (Wildman–Crippen MR) is 110 cm³/mol. The Balaban J connectivity index is 1.32. The molecule has 2 unspecified atom stereocenters. The molecule has 0 aliphatic carbocycles. The highest BCUT2D eigenvalue weighted by Crippen LogP contribution is 2.33. The molecule has 4 rings (SSSR count). The number of hydrogen-bond donors (Lipinski definition) is 1. The molecule has 2 saturated heterocycles. The number of fused-ring (bicyclic) bond motifs is 1. The number of rotatable bonds is 6. The minimum atomic E-state index is -0.884. The van der Waals surface area contributed by atoms with Crippen LogP contribution >= 0.6 is 0 Å². The van der Waals surface area contributed by atoms with Gasteiger partial charge in [-0.05, 0) is 30.4 Å². The van der Waals surface area contributed by atoms with Crippen molar-refractivity contribution in [2.45, 2.75) is 12.5 Å². The summed E-state index contributed by atoms with van der Waals surface area (Å²) in [6, 6.07) is 12.2. The number of carbonyl (C=O) groups is 1. The predicted octanol–water partition coefficient (Wildman–Crippen LogP) is 3.07. The van der Waals surface area contributed by atoms with Gasteiger partial charge in [0, 0.05) is 44.4 Å². The van der Waals surface area contributed by atoms with Crippen LogP contribution in [-0.4, -0.2) is 55.5 Å². The van der Waals surface area contributed by atoms with Crippen LogP contribution in [0.5, 0.6) is 5.75 Å². The molecule has 2 fully saturated rings. The zero-order chi connectivity index (χ0) is 21.3. The average molecular weight is 415 g/mol. The molecule has 2 N–H and O–H groups in total. The molecule has 0 aromatic heterocycles. The fourth-order valence-corrected chi connectivity index (χ4v) is 4.66. The Labute approximate surface area is 175 Å². The topological polar surface area (TPSA) is 58.8 Å². The van der Waals surface area contributed by atoms with Gasteiger partial charge in [0.05, 0.1) is 7.11 Å². The Bertz CT molecular complexity index is 872. The Morgan fingerprint density at radius 2 is 1.70 bits per heavy atom. The second-order valence-corrected chi connectivity index (χ2v) is 8.26. The molecular weight excluding hydrogens is 388 g/mol. The summed E-state index contributed by atoms with van der Waals surface area (Å²) in [5.74, 6) is -1.64. The van der Waals surface area contributed by atoms with Crippen molar-refractivity contribution in [1.29, 1.82) is 0 Å². The number of likely N-dealkylation sites (tertiary alicyclic amines) is 2. The first kappa shape index (κ1) is 20.8. The molecule has 0 saturated carbocycles. The van der Waals surface area contributed by atoms with Gasteiger partial charge in [-0.3, -0.25) is 4.79 Å². The van der Waals surface area contributed by atoms with E-state index in [4.69, 9.17) is 10.5 Å². The zero-order valence-electron chi connectivity index (χ0n) is 17.1. The number of nitrogens with zero attached hydrogens (tertiary/aromatic N) is 2. The molecule has 2 aromatic carbocycles. The zero-order valence-corrected chi connectivity index (χ0v) is 17.1. The molecule has 7 heteroatoms. The number of carbonyl (C=O) groups excluding carboxylic acids is 1. The van der Waals surface area contributed by atoms with E-state index in [-0.39, 0.29) is 11.8 Å². The third-order valence-electron chi connectivity index (χ3n) is 6.30. The van der Waals surface area contributed by atoms with Gasteiger partial charge in [-0.15, -0.1) is 0 Å². The first-order valence-electron chi connectivity index (χ1n) is 10.3. The molecule has 2 aliphatic rings. The number of halogens is 2. The van der Waals surface area contributed by atoms with Gasteiger partial charge in [0.25, 0.3) is 5.91 Å². The van der Waals surface area contributed by atoms with E-state index in [0.29, 0.717) is 24.9 Å². The van der Waals surface area contributed by atoms with Crippen molar-refractivity contribution < 1.29 is 18.3 Å². The lowest BCUT2D eigenvalue weighted by Gasteiger charge is -2.23. The Hall–Kier alpha value is -2.51. The molecule has 2 aromatic rings. The van der Waals surface area contributed by atoms with Gasteiger partial charge < -0.3 is 20.3 Å². The van der Waals surface area contributed by atoms with Gasteiger partial charge in [-0.1, -0.05) is 30.3 Å². The van der Waals surface area contributed by atoms with Crippen molar-refractivity contribution in [3.8, 4) is 5.75 Å². The highest BCUT2D eigenvalue weighted by atomic mass is 19.1. The Morgan fingerprint density at radius 1 is 1.10 bits per heavy atom. The molecule has 5 nitrogen and oxygen atoms in total. The maximum Gasteiger partial charge on any atom is 0.259 e. The summed E-state index contributed by atoms with van der Waals surface area (Å²) in [6.45, 7) is 3.71. The lowest BCUT2D eigenvalue weighted by atomic mass is 10.0. The number of amides is 1. The van der Waals surface area contributed by atoms with Crippen molar-refractivity contribution in [3.05, 3.63) is 65.2 Å². The minimum absolute atomic E-state index is 0.00531. The van der Waals surface area contributed by atoms with Gasteiger partial charge in [0.2, 0.25) is 0 Å². The molecule has 2 aliphatic heterocycles. The van der Waals surface area contributed by atoms with E-state index in [1.165, 1.54) is 7.11 Å². The van der Waals surface area contributed by atoms with E-state index < -0.39 is 23.1 Å². The largest absolute Gasteiger partial charge is 0.497 e. The van der Waals surface area contributed by atoms with Crippen molar-refractivity contribution >= 4 is 5.91 Å². The molecule has 30 heavy (non-hydrogen) atoms. The molecule has 160 valence electrons. The SMILES string of the molecule is COc1cc(F)c(C(=O)N2CC3CN(CC[C@H](N)c4ccccc4)CC3C2)c(F)c1. The minimum Gasteiger partial charge on any atom is -0.497 e. The first-order chi connectivity index (χ1) is 14.5. The van der Waals surface area contributed by atoms with Gasteiger partial charge in [0.15, 0.2) is 0 Å². The lowest BCUT2D eigenvalue weighted by Crippen LogP contribution is -2.35. The molecule has 0 bridgehead atoms. The first-order valence-corrected chi connectivity index (χ1v) is 10.3.